The molecular weight excluding hydrogens is 384 g/mol. The summed E-state index contributed by atoms with van der Waals surface area (Å²) in [4.78, 5) is 32.0. The van der Waals surface area contributed by atoms with Crippen LogP contribution < -0.4 is 10.2 Å². The summed E-state index contributed by atoms with van der Waals surface area (Å²) in [5.41, 5.74) is 0.666. The van der Waals surface area contributed by atoms with Crippen LogP contribution in [0.2, 0.25) is 0 Å². The summed E-state index contributed by atoms with van der Waals surface area (Å²) in [6.07, 6.45) is 0.801. The topological polar surface area (TPSA) is 55.9 Å². The van der Waals surface area contributed by atoms with Crippen molar-refractivity contribution in [2.24, 2.45) is 5.92 Å². The molecule has 3 heterocycles. The van der Waals surface area contributed by atoms with Gasteiger partial charge in [-0.1, -0.05) is 50.2 Å². The number of urea groups is 1. The summed E-state index contributed by atoms with van der Waals surface area (Å²) >= 11 is 5.60. The smallest absolute Gasteiger partial charge is 0.332 e. The summed E-state index contributed by atoms with van der Waals surface area (Å²) < 4.78 is 0. The third kappa shape index (κ3) is 2.71. The lowest BCUT2D eigenvalue weighted by molar-refractivity contribution is -0.120. The Labute approximate surface area is 175 Å². The third-order valence-electron chi connectivity index (χ3n) is 6.19. The zero-order valence-electron chi connectivity index (χ0n) is 16.5. The summed E-state index contributed by atoms with van der Waals surface area (Å²) in [6, 6.07) is 12.9. The number of anilines is 1. The highest BCUT2D eigenvalue weighted by molar-refractivity contribution is 7.80. The van der Waals surface area contributed by atoms with Crippen molar-refractivity contribution in [2.45, 2.75) is 38.4 Å². The monoisotopic (exact) mass is 408 g/mol. The third-order valence-corrected chi connectivity index (χ3v) is 6.57. The van der Waals surface area contributed by atoms with Crippen LogP contribution in [0.5, 0.6) is 0 Å². The molecule has 1 unspecified atom stereocenters. The first-order valence-electron chi connectivity index (χ1n) is 10.2. The largest absolute Gasteiger partial charge is 0.362 e. The maximum absolute atomic E-state index is 13.4. The van der Waals surface area contributed by atoms with Gasteiger partial charge >= 0.3 is 6.03 Å². The molecular formula is C22H24N4O2S. The lowest BCUT2D eigenvalue weighted by Gasteiger charge is -2.36. The molecule has 6 nitrogen and oxygen atoms in total. The molecule has 29 heavy (non-hydrogen) atoms. The zero-order valence-corrected chi connectivity index (χ0v) is 17.4. The molecule has 3 fully saturated rings. The van der Waals surface area contributed by atoms with E-state index in [0.717, 1.165) is 23.7 Å². The van der Waals surface area contributed by atoms with E-state index in [2.05, 4.69) is 24.1 Å². The number of likely N-dealkylation sites (tertiary alicyclic amines) is 1. The lowest BCUT2D eigenvalue weighted by Crippen LogP contribution is -2.57. The SMILES string of the molecule is CC(C)CNC(=S)N1C[C@H]2CC1[C@@H]1C(=O)N(c3cccc4ccccc34)C(=O)N21. The van der Waals surface area contributed by atoms with E-state index in [9.17, 15) is 9.59 Å². The fourth-order valence-corrected chi connectivity index (χ4v) is 5.20. The van der Waals surface area contributed by atoms with Gasteiger partial charge in [0.15, 0.2) is 5.11 Å². The minimum absolute atomic E-state index is 0.0280. The summed E-state index contributed by atoms with van der Waals surface area (Å²) in [6.45, 7) is 5.76. The first-order chi connectivity index (χ1) is 14.0. The van der Waals surface area contributed by atoms with E-state index >= 15 is 0 Å². The number of hydrogen-bond acceptors (Lipinski definition) is 3. The second kappa shape index (κ2) is 6.69. The number of amides is 3. The fraction of sp³-hybridized carbons (Fsp3) is 0.409. The number of nitrogens with zero attached hydrogens (tertiary/aromatic N) is 3. The Balaban J connectivity index is 1.45. The molecule has 0 aliphatic carbocycles. The molecule has 0 spiro atoms. The Kier molecular flexibility index (Phi) is 4.24. The van der Waals surface area contributed by atoms with Crippen LogP contribution in [0.4, 0.5) is 10.5 Å². The number of hydrogen-bond donors (Lipinski definition) is 1. The van der Waals surface area contributed by atoms with E-state index in [1.54, 1.807) is 4.90 Å². The van der Waals surface area contributed by atoms with Crippen molar-refractivity contribution in [3.05, 3.63) is 42.5 Å². The predicted molar refractivity (Wildman–Crippen MR) is 117 cm³/mol. The summed E-state index contributed by atoms with van der Waals surface area (Å²) in [5.74, 6) is 0.344. The minimum atomic E-state index is -0.459. The van der Waals surface area contributed by atoms with Crippen LogP contribution in [-0.4, -0.2) is 58.1 Å². The molecule has 3 aliphatic heterocycles. The van der Waals surface area contributed by atoms with Gasteiger partial charge in [0.2, 0.25) is 0 Å². The van der Waals surface area contributed by atoms with Gasteiger partial charge in [-0.25, -0.2) is 9.69 Å². The van der Waals surface area contributed by atoms with Gasteiger partial charge < -0.3 is 15.1 Å². The predicted octanol–water partition coefficient (Wildman–Crippen LogP) is 2.96. The number of carbonyl (C=O) groups excluding carboxylic acids is 2. The van der Waals surface area contributed by atoms with Crippen molar-refractivity contribution < 1.29 is 9.59 Å². The Hall–Kier alpha value is -2.67. The van der Waals surface area contributed by atoms with E-state index in [1.165, 1.54) is 4.90 Å². The van der Waals surface area contributed by atoms with Crippen LogP contribution >= 0.6 is 12.2 Å². The van der Waals surface area contributed by atoms with Crippen molar-refractivity contribution in [3.63, 3.8) is 0 Å². The normalized spacial score (nSPS) is 25.5. The molecule has 3 amide bonds. The molecule has 3 atom stereocenters. The molecule has 5 rings (SSSR count). The Morgan fingerprint density at radius 2 is 1.93 bits per heavy atom. The van der Waals surface area contributed by atoms with E-state index in [0.29, 0.717) is 23.3 Å². The summed E-state index contributed by atoms with van der Waals surface area (Å²) in [7, 11) is 0. The maximum atomic E-state index is 13.4. The number of thiocarbonyl (C=S) groups is 1. The molecule has 2 aromatic carbocycles. The van der Waals surface area contributed by atoms with E-state index in [1.807, 2.05) is 42.5 Å². The van der Waals surface area contributed by atoms with E-state index in [-0.39, 0.29) is 24.0 Å². The van der Waals surface area contributed by atoms with Crippen molar-refractivity contribution in [3.8, 4) is 0 Å². The Morgan fingerprint density at radius 3 is 2.72 bits per heavy atom. The van der Waals surface area contributed by atoms with Crippen molar-refractivity contribution in [2.75, 3.05) is 18.0 Å². The first kappa shape index (κ1) is 18.4. The quantitative estimate of drug-likeness (QED) is 0.625. The van der Waals surface area contributed by atoms with Gasteiger partial charge in [-0.2, -0.15) is 0 Å². The molecule has 0 radical (unpaired) electrons. The van der Waals surface area contributed by atoms with Gasteiger partial charge in [-0.05, 0) is 36.0 Å². The molecule has 2 bridgehead atoms. The van der Waals surface area contributed by atoms with Crippen LogP contribution in [-0.2, 0) is 4.79 Å². The first-order valence-corrected chi connectivity index (χ1v) is 10.6. The second-order valence-corrected chi connectivity index (χ2v) is 8.88. The highest BCUT2D eigenvalue weighted by Gasteiger charge is 2.62. The average molecular weight is 409 g/mol. The minimum Gasteiger partial charge on any atom is -0.362 e. The Morgan fingerprint density at radius 1 is 1.17 bits per heavy atom. The van der Waals surface area contributed by atoms with Gasteiger partial charge in [-0.15, -0.1) is 0 Å². The molecule has 150 valence electrons. The van der Waals surface area contributed by atoms with Crippen LogP contribution in [0.25, 0.3) is 10.8 Å². The number of fused-ring (bicyclic) bond motifs is 6. The van der Waals surface area contributed by atoms with Crippen molar-refractivity contribution in [1.82, 2.24) is 15.1 Å². The van der Waals surface area contributed by atoms with Crippen LogP contribution in [0, 0.1) is 5.92 Å². The van der Waals surface area contributed by atoms with Crippen molar-refractivity contribution in [1.29, 1.82) is 0 Å². The van der Waals surface area contributed by atoms with Gasteiger partial charge in [-0.3, -0.25) is 4.79 Å². The van der Waals surface area contributed by atoms with Crippen molar-refractivity contribution >= 4 is 45.7 Å². The number of carbonyl (C=O) groups is 2. The number of imide groups is 1. The van der Waals surface area contributed by atoms with Crippen LogP contribution in [0.1, 0.15) is 20.3 Å². The Bertz CT molecular complexity index is 1020. The molecule has 0 aromatic heterocycles. The lowest BCUT2D eigenvalue weighted by atomic mass is 10.1. The fourth-order valence-electron chi connectivity index (χ4n) is 4.91. The van der Waals surface area contributed by atoms with Gasteiger partial charge in [0.1, 0.15) is 6.04 Å². The molecule has 2 aromatic rings. The standard InChI is InChI=1S/C22H24N4O2S/c1-13(2)11-23-21(29)24-12-15-10-18(24)19-20(27)26(22(28)25(15)19)17-9-5-7-14-6-3-4-8-16(14)17/h3-9,13,15,18-19H,10-12H2,1-2H3,(H,23,29)/t15-,18?,19-/m1/s1. The number of piperazine rings is 1. The number of rotatable bonds is 3. The van der Waals surface area contributed by atoms with Gasteiger partial charge in [0.25, 0.3) is 5.91 Å². The highest BCUT2D eigenvalue weighted by Crippen LogP contribution is 2.43. The van der Waals surface area contributed by atoms with Gasteiger partial charge in [0, 0.05) is 18.5 Å². The molecule has 3 saturated heterocycles. The molecule has 3 aliphatic rings. The molecule has 7 heteroatoms. The van der Waals surface area contributed by atoms with Gasteiger partial charge in [0.05, 0.1) is 17.8 Å². The number of benzene rings is 2. The highest BCUT2D eigenvalue weighted by atomic mass is 32.1. The zero-order chi connectivity index (χ0) is 20.3. The maximum Gasteiger partial charge on any atom is 0.332 e. The average Bonchev–Trinajstić information content (AvgIpc) is 3.37. The number of nitrogens with one attached hydrogen (secondary N) is 1. The van der Waals surface area contributed by atoms with E-state index in [4.69, 9.17) is 12.2 Å². The van der Waals surface area contributed by atoms with Crippen LogP contribution in [0.3, 0.4) is 0 Å². The second-order valence-electron chi connectivity index (χ2n) is 8.50. The van der Waals surface area contributed by atoms with Crippen LogP contribution in [0.15, 0.2) is 42.5 Å². The summed E-state index contributed by atoms with van der Waals surface area (Å²) in [5, 5.41) is 5.93. The molecule has 1 N–H and O–H groups in total. The van der Waals surface area contributed by atoms with E-state index < -0.39 is 6.04 Å². The molecule has 0 saturated carbocycles.